The number of nitrogens with zero attached hydrogens (tertiary/aromatic N) is 1. The standard InChI is InChI=1S/C16H25NOS/c1-16(2,3)19(18)17-13-9-5-8-12-15(17)14-10-6-4-7-11-14/h4,6-7,10-11,15H,5,8-9,12-13H2,1-3H3/t15-,19-/m1/s1. The summed E-state index contributed by atoms with van der Waals surface area (Å²) >= 11 is 0. The fourth-order valence-corrected chi connectivity index (χ4v) is 4.10. The molecule has 1 aliphatic heterocycles. The molecular weight excluding hydrogens is 254 g/mol. The van der Waals surface area contributed by atoms with Crippen molar-refractivity contribution in [1.82, 2.24) is 4.31 Å². The van der Waals surface area contributed by atoms with Gasteiger partial charge in [-0.25, -0.2) is 8.51 Å². The van der Waals surface area contributed by atoms with Gasteiger partial charge in [-0.05, 0) is 39.2 Å². The average molecular weight is 279 g/mol. The predicted octanol–water partition coefficient (Wildman–Crippen LogP) is 4.07. The summed E-state index contributed by atoms with van der Waals surface area (Å²) in [5, 5.41) is 0. The molecule has 0 unspecified atom stereocenters. The lowest BCUT2D eigenvalue weighted by Crippen LogP contribution is -2.39. The minimum atomic E-state index is -0.932. The largest absolute Gasteiger partial charge is 0.242 e. The van der Waals surface area contributed by atoms with Crippen molar-refractivity contribution < 1.29 is 4.21 Å². The van der Waals surface area contributed by atoms with Gasteiger partial charge < -0.3 is 0 Å². The van der Waals surface area contributed by atoms with Gasteiger partial charge in [0.2, 0.25) is 0 Å². The van der Waals surface area contributed by atoms with Crippen LogP contribution in [0, 0.1) is 0 Å². The van der Waals surface area contributed by atoms with Gasteiger partial charge in [-0.2, -0.15) is 0 Å². The van der Waals surface area contributed by atoms with Crippen molar-refractivity contribution in [2.24, 2.45) is 0 Å². The van der Waals surface area contributed by atoms with Gasteiger partial charge in [0.25, 0.3) is 0 Å². The maximum atomic E-state index is 12.8. The minimum Gasteiger partial charge on any atom is -0.242 e. The Morgan fingerprint density at radius 3 is 2.42 bits per heavy atom. The van der Waals surface area contributed by atoms with Gasteiger partial charge in [-0.15, -0.1) is 0 Å². The molecule has 3 heteroatoms. The second-order valence-corrected chi connectivity index (χ2v) is 8.47. The van der Waals surface area contributed by atoms with Crippen molar-refractivity contribution >= 4 is 11.0 Å². The summed E-state index contributed by atoms with van der Waals surface area (Å²) in [6, 6.07) is 10.9. The van der Waals surface area contributed by atoms with Gasteiger partial charge in [0.15, 0.2) is 0 Å². The van der Waals surface area contributed by atoms with Crippen molar-refractivity contribution in [3.63, 3.8) is 0 Å². The first kappa shape index (κ1) is 14.7. The molecule has 0 N–H and O–H groups in total. The smallest absolute Gasteiger partial charge is 0.100 e. The van der Waals surface area contributed by atoms with E-state index in [0.717, 1.165) is 19.4 Å². The van der Waals surface area contributed by atoms with Gasteiger partial charge in [-0.1, -0.05) is 43.2 Å². The van der Waals surface area contributed by atoms with Gasteiger partial charge in [-0.3, -0.25) is 0 Å². The first-order chi connectivity index (χ1) is 9.00. The molecular formula is C16H25NOS. The Hall–Kier alpha value is -0.670. The number of benzene rings is 1. The molecule has 0 aliphatic carbocycles. The highest BCUT2D eigenvalue weighted by molar-refractivity contribution is 7.84. The van der Waals surface area contributed by atoms with Crippen LogP contribution < -0.4 is 0 Å². The van der Waals surface area contributed by atoms with Crippen LogP contribution in [0.4, 0.5) is 0 Å². The normalized spacial score (nSPS) is 23.8. The summed E-state index contributed by atoms with van der Waals surface area (Å²) in [6.07, 6.45) is 4.76. The van der Waals surface area contributed by atoms with Crippen molar-refractivity contribution in [3.05, 3.63) is 35.9 Å². The van der Waals surface area contributed by atoms with Crippen LogP contribution in [0.1, 0.15) is 58.1 Å². The third kappa shape index (κ3) is 3.67. The maximum Gasteiger partial charge on any atom is 0.100 e. The number of rotatable bonds is 2. The zero-order valence-corrected chi connectivity index (χ0v) is 13.1. The third-order valence-corrected chi connectivity index (χ3v) is 5.54. The highest BCUT2D eigenvalue weighted by Gasteiger charge is 2.32. The predicted molar refractivity (Wildman–Crippen MR) is 82.3 cm³/mol. The Balaban J connectivity index is 2.29. The molecule has 106 valence electrons. The highest BCUT2D eigenvalue weighted by Crippen LogP contribution is 2.33. The molecule has 0 radical (unpaired) electrons. The van der Waals surface area contributed by atoms with E-state index in [1.165, 1.54) is 18.4 Å². The lowest BCUT2D eigenvalue weighted by atomic mass is 10.0. The van der Waals surface area contributed by atoms with Crippen LogP contribution in [0.25, 0.3) is 0 Å². The molecule has 19 heavy (non-hydrogen) atoms. The van der Waals surface area contributed by atoms with Crippen LogP contribution in [-0.4, -0.2) is 19.8 Å². The molecule has 1 saturated heterocycles. The molecule has 1 aromatic carbocycles. The number of hydrogen-bond donors (Lipinski definition) is 0. The Labute approximate surface area is 119 Å². The van der Waals surface area contributed by atoms with Crippen molar-refractivity contribution in [2.45, 2.75) is 57.2 Å². The first-order valence-corrected chi connectivity index (χ1v) is 8.34. The van der Waals surface area contributed by atoms with E-state index in [1.807, 2.05) is 6.07 Å². The monoisotopic (exact) mass is 279 g/mol. The summed E-state index contributed by atoms with van der Waals surface area (Å²) in [5.41, 5.74) is 1.31. The van der Waals surface area contributed by atoms with Crippen molar-refractivity contribution in [1.29, 1.82) is 0 Å². The van der Waals surface area contributed by atoms with Gasteiger partial charge in [0.05, 0.1) is 4.75 Å². The van der Waals surface area contributed by atoms with Crippen LogP contribution in [0.3, 0.4) is 0 Å². The molecule has 2 atom stereocenters. The minimum absolute atomic E-state index is 0.183. The molecule has 0 spiro atoms. The third-order valence-electron chi connectivity index (χ3n) is 3.62. The lowest BCUT2D eigenvalue weighted by Gasteiger charge is -2.34. The molecule has 0 bridgehead atoms. The zero-order chi connectivity index (χ0) is 13.9. The van der Waals surface area contributed by atoms with E-state index in [2.05, 4.69) is 49.3 Å². The Morgan fingerprint density at radius 2 is 1.79 bits per heavy atom. The van der Waals surface area contributed by atoms with E-state index in [-0.39, 0.29) is 4.75 Å². The first-order valence-electron chi connectivity index (χ1n) is 7.24. The topological polar surface area (TPSA) is 20.3 Å². The van der Waals surface area contributed by atoms with E-state index in [4.69, 9.17) is 0 Å². The van der Waals surface area contributed by atoms with Crippen molar-refractivity contribution in [2.75, 3.05) is 6.54 Å². The molecule has 2 nitrogen and oxygen atoms in total. The summed E-state index contributed by atoms with van der Waals surface area (Å²) < 4.78 is 14.8. The number of hydrogen-bond acceptors (Lipinski definition) is 1. The van der Waals surface area contributed by atoms with Crippen LogP contribution in [0.5, 0.6) is 0 Å². The van der Waals surface area contributed by atoms with E-state index in [0.29, 0.717) is 6.04 Å². The van der Waals surface area contributed by atoms with Crippen LogP contribution in [0.15, 0.2) is 30.3 Å². The van der Waals surface area contributed by atoms with Crippen LogP contribution in [0.2, 0.25) is 0 Å². The SMILES string of the molecule is CC(C)(C)[S@@](=O)N1CCCCC[C@@H]1c1ccccc1. The quantitative estimate of drug-likeness (QED) is 0.799. The van der Waals surface area contributed by atoms with E-state index in [1.54, 1.807) is 0 Å². The lowest BCUT2D eigenvalue weighted by molar-refractivity contribution is 0.341. The Bertz CT molecular complexity index is 424. The summed E-state index contributed by atoms with van der Waals surface area (Å²) in [7, 11) is -0.932. The van der Waals surface area contributed by atoms with Crippen molar-refractivity contribution in [3.8, 4) is 0 Å². The average Bonchev–Trinajstić information content (AvgIpc) is 2.63. The van der Waals surface area contributed by atoms with E-state index >= 15 is 0 Å². The zero-order valence-electron chi connectivity index (χ0n) is 12.3. The fourth-order valence-electron chi connectivity index (χ4n) is 2.64. The van der Waals surface area contributed by atoms with Gasteiger partial charge in [0.1, 0.15) is 11.0 Å². The Morgan fingerprint density at radius 1 is 1.11 bits per heavy atom. The Kier molecular flexibility index (Phi) is 4.80. The fraction of sp³-hybridized carbons (Fsp3) is 0.625. The highest BCUT2D eigenvalue weighted by atomic mass is 32.2. The molecule has 1 aromatic rings. The van der Waals surface area contributed by atoms with E-state index in [9.17, 15) is 4.21 Å². The van der Waals surface area contributed by atoms with Crippen LogP contribution >= 0.6 is 0 Å². The molecule has 1 heterocycles. The molecule has 1 aliphatic rings. The summed E-state index contributed by atoms with van der Waals surface area (Å²) in [5.74, 6) is 0. The molecule has 1 fully saturated rings. The van der Waals surface area contributed by atoms with Gasteiger partial charge >= 0.3 is 0 Å². The maximum absolute atomic E-state index is 12.8. The molecule has 2 rings (SSSR count). The van der Waals surface area contributed by atoms with Gasteiger partial charge in [0, 0.05) is 12.6 Å². The summed E-state index contributed by atoms with van der Waals surface area (Å²) in [6.45, 7) is 7.14. The van der Waals surface area contributed by atoms with E-state index < -0.39 is 11.0 Å². The molecule has 0 saturated carbocycles. The molecule has 0 amide bonds. The second-order valence-electron chi connectivity index (χ2n) is 6.28. The second kappa shape index (κ2) is 6.19. The van der Waals surface area contributed by atoms with Crippen LogP contribution in [-0.2, 0) is 11.0 Å². The summed E-state index contributed by atoms with van der Waals surface area (Å²) in [4.78, 5) is 0. The molecule has 0 aromatic heterocycles.